The van der Waals surface area contributed by atoms with Crippen LogP contribution in [0.5, 0.6) is 0 Å². The van der Waals surface area contributed by atoms with E-state index in [1.165, 1.54) is 122 Å². The second-order valence-corrected chi connectivity index (χ2v) is 9.26. The lowest BCUT2D eigenvalue weighted by Gasteiger charge is -2.01. The van der Waals surface area contributed by atoms with Crippen LogP contribution in [0.15, 0.2) is 24.3 Å². The molecule has 0 radical (unpaired) electrons. The highest BCUT2D eigenvalue weighted by atomic mass is 16.4. The molecule has 0 aliphatic carbocycles. The molecule has 0 saturated carbocycles. The molecule has 0 heterocycles. The maximum atomic E-state index is 10.4. The first kappa shape index (κ1) is 29.9. The van der Waals surface area contributed by atoms with Crippen LogP contribution < -0.4 is 0 Å². The maximum absolute atomic E-state index is 10.4. The second kappa shape index (κ2) is 27.0. The van der Waals surface area contributed by atoms with Crippen LogP contribution in [0.2, 0.25) is 0 Å². The lowest BCUT2D eigenvalue weighted by Crippen LogP contribution is -1.93. The number of carbonyl (C=O) groups is 1. The Hall–Kier alpha value is -1.05. The largest absolute Gasteiger partial charge is 0.481 e. The highest BCUT2D eigenvalue weighted by Crippen LogP contribution is 2.13. The van der Waals surface area contributed by atoms with Gasteiger partial charge in [0.05, 0.1) is 0 Å². The summed E-state index contributed by atoms with van der Waals surface area (Å²) in [7, 11) is 0. The van der Waals surface area contributed by atoms with Gasteiger partial charge < -0.3 is 5.11 Å². The van der Waals surface area contributed by atoms with E-state index in [1.807, 2.05) is 0 Å². The minimum Gasteiger partial charge on any atom is -0.481 e. The van der Waals surface area contributed by atoms with Gasteiger partial charge in [0.25, 0.3) is 0 Å². The van der Waals surface area contributed by atoms with Gasteiger partial charge in [0.15, 0.2) is 0 Å². The summed E-state index contributed by atoms with van der Waals surface area (Å²) >= 11 is 0. The van der Waals surface area contributed by atoms with Crippen molar-refractivity contribution in [3.8, 4) is 0 Å². The van der Waals surface area contributed by atoms with Crippen molar-refractivity contribution in [2.45, 2.75) is 155 Å². The normalized spacial score (nSPS) is 11.8. The van der Waals surface area contributed by atoms with E-state index in [0.29, 0.717) is 6.42 Å². The van der Waals surface area contributed by atoms with Crippen LogP contribution in [0.3, 0.4) is 0 Å². The third-order valence-electron chi connectivity index (χ3n) is 6.09. The number of hydrogen-bond acceptors (Lipinski definition) is 1. The number of unbranched alkanes of at least 4 members (excludes halogenated alkanes) is 19. The third kappa shape index (κ3) is 28.9. The monoisotopic (exact) mass is 434 g/mol. The van der Waals surface area contributed by atoms with Crippen molar-refractivity contribution in [3.63, 3.8) is 0 Å². The van der Waals surface area contributed by atoms with E-state index in [-0.39, 0.29) is 0 Å². The van der Waals surface area contributed by atoms with Crippen LogP contribution in [0.4, 0.5) is 0 Å². The molecule has 2 heteroatoms. The zero-order valence-electron chi connectivity index (χ0n) is 20.9. The number of hydrogen-bond donors (Lipinski definition) is 1. The van der Waals surface area contributed by atoms with Gasteiger partial charge in [-0.25, -0.2) is 0 Å². The molecular weight excluding hydrogens is 380 g/mol. The minimum absolute atomic E-state index is 0.336. The summed E-state index contributed by atoms with van der Waals surface area (Å²) in [6.07, 6.45) is 38.5. The first-order valence-corrected chi connectivity index (χ1v) is 13.8. The van der Waals surface area contributed by atoms with Gasteiger partial charge in [0.1, 0.15) is 0 Å². The van der Waals surface area contributed by atoms with Crippen molar-refractivity contribution in [1.29, 1.82) is 0 Å². The Morgan fingerprint density at radius 1 is 0.516 bits per heavy atom. The average Bonchev–Trinajstić information content (AvgIpc) is 2.76. The van der Waals surface area contributed by atoms with Crippen LogP contribution in [-0.4, -0.2) is 11.1 Å². The van der Waals surface area contributed by atoms with Crippen molar-refractivity contribution in [1.82, 2.24) is 0 Å². The van der Waals surface area contributed by atoms with Crippen molar-refractivity contribution >= 4 is 5.97 Å². The second-order valence-electron chi connectivity index (χ2n) is 9.26. The summed E-state index contributed by atoms with van der Waals surface area (Å²) in [6, 6.07) is 0. The molecule has 0 amide bonds. The molecule has 0 rings (SSSR count). The first-order chi connectivity index (χ1) is 15.3. The van der Waals surface area contributed by atoms with E-state index in [1.54, 1.807) is 0 Å². The lowest BCUT2D eigenvalue weighted by atomic mass is 10.1. The van der Waals surface area contributed by atoms with Gasteiger partial charge in [-0.2, -0.15) is 0 Å². The summed E-state index contributed by atoms with van der Waals surface area (Å²) in [5.41, 5.74) is 0. The van der Waals surface area contributed by atoms with Gasteiger partial charge in [0, 0.05) is 6.42 Å². The fourth-order valence-corrected chi connectivity index (χ4v) is 4.03. The molecule has 0 aliphatic heterocycles. The Kier molecular flexibility index (Phi) is 26.1. The molecule has 2 nitrogen and oxygen atoms in total. The maximum Gasteiger partial charge on any atom is 0.303 e. The van der Waals surface area contributed by atoms with Gasteiger partial charge in [0.2, 0.25) is 0 Å². The highest BCUT2D eigenvalue weighted by Gasteiger charge is 1.96. The summed E-state index contributed by atoms with van der Waals surface area (Å²) < 4.78 is 0. The van der Waals surface area contributed by atoms with Crippen LogP contribution >= 0.6 is 0 Å². The van der Waals surface area contributed by atoms with E-state index in [2.05, 4.69) is 31.2 Å². The minimum atomic E-state index is -0.658. The van der Waals surface area contributed by atoms with E-state index in [4.69, 9.17) is 5.11 Å². The Morgan fingerprint density at radius 3 is 1.26 bits per heavy atom. The molecule has 31 heavy (non-hydrogen) atoms. The number of carboxylic acid groups (broad SMARTS) is 1. The number of aliphatic carboxylic acids is 1. The van der Waals surface area contributed by atoms with Crippen LogP contribution in [-0.2, 0) is 4.79 Å². The van der Waals surface area contributed by atoms with Crippen LogP contribution in [0, 0.1) is 0 Å². The number of carboxylic acids is 1. The molecule has 0 atom stereocenters. The summed E-state index contributed by atoms with van der Waals surface area (Å²) in [6.45, 7) is 2.29. The predicted molar refractivity (Wildman–Crippen MR) is 138 cm³/mol. The average molecular weight is 435 g/mol. The third-order valence-corrected chi connectivity index (χ3v) is 6.09. The smallest absolute Gasteiger partial charge is 0.303 e. The highest BCUT2D eigenvalue weighted by molar-refractivity contribution is 5.66. The fraction of sp³-hybridized carbons (Fsp3) is 0.828. The Bertz CT molecular complexity index is 411. The van der Waals surface area contributed by atoms with Gasteiger partial charge in [-0.1, -0.05) is 134 Å². The van der Waals surface area contributed by atoms with E-state index in [9.17, 15) is 4.79 Å². The summed E-state index contributed by atoms with van der Waals surface area (Å²) in [5.74, 6) is -0.658. The molecule has 0 aliphatic rings. The Morgan fingerprint density at radius 2 is 0.871 bits per heavy atom. The van der Waals surface area contributed by atoms with Gasteiger partial charge in [-0.15, -0.1) is 0 Å². The van der Waals surface area contributed by atoms with Crippen LogP contribution in [0.1, 0.15) is 155 Å². The zero-order valence-corrected chi connectivity index (χ0v) is 20.9. The first-order valence-electron chi connectivity index (χ1n) is 13.8. The van der Waals surface area contributed by atoms with E-state index >= 15 is 0 Å². The van der Waals surface area contributed by atoms with E-state index in [0.717, 1.165) is 19.3 Å². The SMILES string of the molecule is CCCCCCCCCCCCC=CCC=CCCCCCCCCCCCC(=O)O. The molecule has 0 aromatic heterocycles. The van der Waals surface area contributed by atoms with Gasteiger partial charge in [-0.05, 0) is 38.5 Å². The number of rotatable bonds is 25. The predicted octanol–water partition coefficient (Wildman–Crippen LogP) is 10.2. The Labute approximate surface area is 195 Å². The van der Waals surface area contributed by atoms with Crippen LogP contribution in [0.25, 0.3) is 0 Å². The topological polar surface area (TPSA) is 37.3 Å². The van der Waals surface area contributed by atoms with Crippen molar-refractivity contribution in [2.75, 3.05) is 0 Å². The van der Waals surface area contributed by atoms with Gasteiger partial charge in [-0.3, -0.25) is 4.79 Å². The molecule has 0 aromatic carbocycles. The molecule has 1 N–H and O–H groups in total. The molecule has 0 fully saturated rings. The molecule has 0 spiro atoms. The fourth-order valence-electron chi connectivity index (χ4n) is 4.03. The zero-order chi connectivity index (χ0) is 22.7. The number of allylic oxidation sites excluding steroid dienone is 4. The van der Waals surface area contributed by atoms with Gasteiger partial charge >= 0.3 is 5.97 Å². The van der Waals surface area contributed by atoms with E-state index < -0.39 is 5.97 Å². The molecule has 0 saturated heterocycles. The molecular formula is C29H54O2. The summed E-state index contributed by atoms with van der Waals surface area (Å²) in [4.78, 5) is 10.4. The molecule has 182 valence electrons. The Balaban J connectivity index is 3.16. The standard InChI is InChI=1S/C29H54O2/c1-2-3-4-5-6-7-8-9-10-11-12-13-14-15-16-17-18-19-20-21-22-23-24-25-26-27-28-29(30)31/h13-14,16-17H,2-12,15,18-28H2,1H3,(H,30,31). The van der Waals surface area contributed by atoms with Crippen molar-refractivity contribution in [3.05, 3.63) is 24.3 Å². The van der Waals surface area contributed by atoms with Crippen molar-refractivity contribution in [2.24, 2.45) is 0 Å². The molecule has 0 aromatic rings. The molecule has 0 bridgehead atoms. The summed E-state index contributed by atoms with van der Waals surface area (Å²) in [5, 5.41) is 8.59. The van der Waals surface area contributed by atoms with Crippen molar-refractivity contribution < 1.29 is 9.90 Å². The molecule has 0 unspecified atom stereocenters. The quantitative estimate of drug-likeness (QED) is 0.115. The lowest BCUT2D eigenvalue weighted by molar-refractivity contribution is -0.137.